The van der Waals surface area contributed by atoms with E-state index >= 15 is 0 Å². The van der Waals surface area contributed by atoms with E-state index in [0.29, 0.717) is 17.2 Å². The van der Waals surface area contributed by atoms with Crippen LogP contribution in [0.2, 0.25) is 5.28 Å². The van der Waals surface area contributed by atoms with E-state index in [-0.39, 0.29) is 17.1 Å². The van der Waals surface area contributed by atoms with Crippen LogP contribution in [0.15, 0.2) is 24.3 Å². The molecule has 1 aromatic heterocycles. The molecule has 100 valence electrons. The van der Waals surface area contributed by atoms with Gasteiger partial charge in [0, 0.05) is 0 Å². The van der Waals surface area contributed by atoms with Crippen molar-refractivity contribution < 1.29 is 4.39 Å². The fourth-order valence-electron chi connectivity index (χ4n) is 1.70. The van der Waals surface area contributed by atoms with Crippen molar-refractivity contribution in [2.24, 2.45) is 0 Å². The van der Waals surface area contributed by atoms with Crippen LogP contribution in [0.3, 0.4) is 0 Å². The quantitative estimate of drug-likeness (QED) is 0.847. The van der Waals surface area contributed by atoms with Crippen LogP contribution in [0.25, 0.3) is 0 Å². The van der Waals surface area contributed by atoms with Gasteiger partial charge >= 0.3 is 0 Å². The average molecular weight is 281 g/mol. The molecule has 0 radical (unpaired) electrons. The number of nitrogens with zero attached hydrogens (tertiary/aromatic N) is 2. The number of rotatable bonds is 3. The molecule has 1 atom stereocenters. The molecule has 6 heteroatoms. The fraction of sp³-hybridized carbons (Fsp3) is 0.231. The van der Waals surface area contributed by atoms with Gasteiger partial charge in [0.05, 0.1) is 17.4 Å². The Hall–Kier alpha value is -1.88. The van der Waals surface area contributed by atoms with Gasteiger partial charge in [-0.3, -0.25) is 0 Å². The Balaban J connectivity index is 2.23. The molecule has 0 saturated carbocycles. The van der Waals surface area contributed by atoms with Gasteiger partial charge in [-0.25, -0.2) is 9.37 Å². The Morgan fingerprint density at radius 1 is 1.26 bits per heavy atom. The number of nitrogens with two attached hydrogens (primary N) is 1. The SMILES string of the molecule is Cc1nc(Cl)nc(NC(C)c2ccc(F)cc2)c1N. The lowest BCUT2D eigenvalue weighted by Gasteiger charge is -2.17. The molecular formula is C13H14ClFN4. The molecule has 0 spiro atoms. The normalized spacial score (nSPS) is 12.2. The molecule has 0 saturated heterocycles. The first kappa shape index (κ1) is 13.5. The van der Waals surface area contributed by atoms with Crippen LogP contribution in [0, 0.1) is 12.7 Å². The monoisotopic (exact) mass is 280 g/mol. The van der Waals surface area contributed by atoms with Gasteiger partial charge in [-0.1, -0.05) is 12.1 Å². The molecule has 2 rings (SSSR count). The topological polar surface area (TPSA) is 63.8 Å². The van der Waals surface area contributed by atoms with Gasteiger partial charge in [0.2, 0.25) is 5.28 Å². The van der Waals surface area contributed by atoms with Gasteiger partial charge in [-0.05, 0) is 43.1 Å². The van der Waals surface area contributed by atoms with Crippen LogP contribution in [0.5, 0.6) is 0 Å². The zero-order chi connectivity index (χ0) is 14.0. The van der Waals surface area contributed by atoms with Gasteiger partial charge in [0.1, 0.15) is 5.82 Å². The van der Waals surface area contributed by atoms with Crippen molar-refractivity contribution in [1.82, 2.24) is 9.97 Å². The Morgan fingerprint density at radius 3 is 2.53 bits per heavy atom. The maximum Gasteiger partial charge on any atom is 0.224 e. The van der Waals surface area contributed by atoms with E-state index in [1.807, 2.05) is 6.92 Å². The minimum atomic E-state index is -0.267. The van der Waals surface area contributed by atoms with E-state index in [4.69, 9.17) is 17.3 Å². The van der Waals surface area contributed by atoms with Crippen LogP contribution in [0.1, 0.15) is 24.2 Å². The molecule has 19 heavy (non-hydrogen) atoms. The number of anilines is 2. The average Bonchev–Trinajstić information content (AvgIpc) is 2.36. The van der Waals surface area contributed by atoms with E-state index in [2.05, 4.69) is 15.3 Å². The van der Waals surface area contributed by atoms with Gasteiger partial charge in [-0.2, -0.15) is 4.98 Å². The summed E-state index contributed by atoms with van der Waals surface area (Å²) >= 11 is 5.80. The predicted molar refractivity (Wildman–Crippen MR) is 74.6 cm³/mol. The smallest absolute Gasteiger partial charge is 0.224 e. The third-order valence-electron chi connectivity index (χ3n) is 2.83. The minimum absolute atomic E-state index is 0.0757. The second-order valence-corrected chi connectivity index (χ2v) is 4.60. The molecule has 0 aliphatic heterocycles. The van der Waals surface area contributed by atoms with Gasteiger partial charge in [-0.15, -0.1) is 0 Å². The lowest BCUT2D eigenvalue weighted by molar-refractivity contribution is 0.626. The van der Waals surface area contributed by atoms with Crippen LogP contribution in [-0.4, -0.2) is 9.97 Å². The van der Waals surface area contributed by atoms with Crippen molar-refractivity contribution in [3.63, 3.8) is 0 Å². The van der Waals surface area contributed by atoms with Crippen molar-refractivity contribution in [3.05, 3.63) is 46.6 Å². The third-order valence-corrected chi connectivity index (χ3v) is 3.00. The highest BCUT2D eigenvalue weighted by Gasteiger charge is 2.12. The first-order valence-corrected chi connectivity index (χ1v) is 6.17. The van der Waals surface area contributed by atoms with Crippen molar-refractivity contribution in [2.75, 3.05) is 11.1 Å². The highest BCUT2D eigenvalue weighted by molar-refractivity contribution is 6.28. The summed E-state index contributed by atoms with van der Waals surface area (Å²) in [6, 6.07) is 6.16. The zero-order valence-electron chi connectivity index (χ0n) is 10.6. The van der Waals surface area contributed by atoms with E-state index in [1.54, 1.807) is 19.1 Å². The number of nitrogens with one attached hydrogen (secondary N) is 1. The summed E-state index contributed by atoms with van der Waals surface area (Å²) in [6.07, 6.45) is 0. The highest BCUT2D eigenvalue weighted by Crippen LogP contribution is 2.25. The molecule has 2 aromatic rings. The van der Waals surface area contributed by atoms with E-state index in [9.17, 15) is 4.39 Å². The van der Waals surface area contributed by atoms with Crippen LogP contribution in [0.4, 0.5) is 15.9 Å². The largest absolute Gasteiger partial charge is 0.394 e. The molecule has 3 N–H and O–H groups in total. The van der Waals surface area contributed by atoms with Crippen LogP contribution in [-0.2, 0) is 0 Å². The molecule has 0 aliphatic rings. The molecular weight excluding hydrogens is 267 g/mol. The second-order valence-electron chi connectivity index (χ2n) is 4.26. The predicted octanol–water partition coefficient (Wildman–Crippen LogP) is 3.33. The zero-order valence-corrected chi connectivity index (χ0v) is 11.4. The van der Waals surface area contributed by atoms with Crippen LogP contribution >= 0.6 is 11.6 Å². The van der Waals surface area contributed by atoms with Gasteiger partial charge < -0.3 is 11.1 Å². The van der Waals surface area contributed by atoms with Crippen molar-refractivity contribution in [1.29, 1.82) is 0 Å². The molecule has 1 heterocycles. The van der Waals surface area contributed by atoms with E-state index in [0.717, 1.165) is 5.56 Å². The summed E-state index contributed by atoms with van der Waals surface area (Å²) in [5.41, 5.74) is 7.90. The molecule has 0 fully saturated rings. The lowest BCUT2D eigenvalue weighted by Crippen LogP contribution is -2.11. The minimum Gasteiger partial charge on any atom is -0.394 e. The molecule has 1 unspecified atom stereocenters. The number of hydrogen-bond acceptors (Lipinski definition) is 4. The molecule has 0 aliphatic carbocycles. The van der Waals surface area contributed by atoms with Crippen molar-refractivity contribution in [3.8, 4) is 0 Å². The number of halogens is 2. The maximum absolute atomic E-state index is 12.9. The molecule has 0 amide bonds. The summed E-state index contributed by atoms with van der Waals surface area (Å²) in [6.45, 7) is 3.69. The summed E-state index contributed by atoms with van der Waals surface area (Å²) in [4.78, 5) is 8.03. The Bertz CT molecular complexity index is 586. The summed E-state index contributed by atoms with van der Waals surface area (Å²) in [5, 5.41) is 3.28. The number of nitrogen functional groups attached to an aromatic ring is 1. The Morgan fingerprint density at radius 2 is 1.89 bits per heavy atom. The maximum atomic E-state index is 12.9. The lowest BCUT2D eigenvalue weighted by atomic mass is 10.1. The number of aryl methyl sites for hydroxylation is 1. The molecule has 4 nitrogen and oxygen atoms in total. The first-order chi connectivity index (χ1) is 8.97. The molecule has 0 bridgehead atoms. The van der Waals surface area contributed by atoms with Gasteiger partial charge in [0.15, 0.2) is 5.82 Å². The van der Waals surface area contributed by atoms with Crippen LogP contribution < -0.4 is 11.1 Å². The second kappa shape index (κ2) is 5.40. The Kier molecular flexibility index (Phi) is 3.85. The van der Waals surface area contributed by atoms with E-state index < -0.39 is 0 Å². The standard InChI is InChI=1S/C13H14ClFN4/c1-7(9-3-5-10(15)6-4-9)17-12-11(16)8(2)18-13(14)19-12/h3-7H,16H2,1-2H3,(H,17,18,19). The number of hydrogen-bond donors (Lipinski definition) is 2. The third kappa shape index (κ3) is 3.12. The van der Waals surface area contributed by atoms with E-state index in [1.165, 1.54) is 12.1 Å². The summed E-state index contributed by atoms with van der Waals surface area (Å²) < 4.78 is 12.9. The highest BCUT2D eigenvalue weighted by atomic mass is 35.5. The number of benzene rings is 1. The summed E-state index contributed by atoms with van der Waals surface area (Å²) in [7, 11) is 0. The fourth-order valence-corrected chi connectivity index (χ4v) is 1.91. The summed E-state index contributed by atoms with van der Waals surface area (Å²) in [5.74, 6) is 0.214. The van der Waals surface area contributed by atoms with Crippen molar-refractivity contribution >= 4 is 23.1 Å². The number of aromatic nitrogens is 2. The van der Waals surface area contributed by atoms with Crippen molar-refractivity contribution in [2.45, 2.75) is 19.9 Å². The Labute approximate surface area is 115 Å². The van der Waals surface area contributed by atoms with Gasteiger partial charge in [0.25, 0.3) is 0 Å². The first-order valence-electron chi connectivity index (χ1n) is 5.79. The molecule has 1 aromatic carbocycles.